The lowest BCUT2D eigenvalue weighted by Crippen LogP contribution is -2.01. The highest BCUT2D eigenvalue weighted by atomic mass is 32.2. The Morgan fingerprint density at radius 1 is 1.20 bits per heavy atom. The summed E-state index contributed by atoms with van der Waals surface area (Å²) in [6.07, 6.45) is 6.68. The molecule has 5 nitrogen and oxygen atoms in total. The van der Waals surface area contributed by atoms with Crippen LogP contribution in [-0.4, -0.2) is 24.9 Å². The van der Waals surface area contributed by atoms with Crippen molar-refractivity contribution in [3.05, 3.63) is 29.7 Å². The predicted octanol–water partition coefficient (Wildman–Crippen LogP) is 2.53. The van der Waals surface area contributed by atoms with Crippen molar-refractivity contribution in [1.29, 1.82) is 0 Å². The largest absolute Gasteiger partial charge is 0.392 e. The Morgan fingerprint density at radius 2 is 2.05 bits per heavy atom. The third-order valence-electron chi connectivity index (χ3n) is 3.72. The summed E-state index contributed by atoms with van der Waals surface area (Å²) >= 11 is 1.56. The zero-order valence-corrected chi connectivity index (χ0v) is 11.9. The Hall–Kier alpha value is -1.40. The van der Waals surface area contributed by atoms with Crippen LogP contribution in [0.15, 0.2) is 28.5 Å². The molecular weight excluding hydrogens is 272 g/mol. The minimum Gasteiger partial charge on any atom is -0.392 e. The van der Waals surface area contributed by atoms with Crippen LogP contribution < -0.4 is 0 Å². The van der Waals surface area contributed by atoms with Gasteiger partial charge in [-0.1, -0.05) is 6.07 Å². The van der Waals surface area contributed by atoms with Crippen molar-refractivity contribution in [1.82, 2.24) is 19.7 Å². The molecule has 104 valence electrons. The number of aliphatic hydroxyl groups is 1. The van der Waals surface area contributed by atoms with Crippen molar-refractivity contribution in [2.45, 2.75) is 54.4 Å². The first-order valence-electron chi connectivity index (χ1n) is 7.03. The van der Waals surface area contributed by atoms with Crippen molar-refractivity contribution in [3.63, 3.8) is 0 Å². The van der Waals surface area contributed by atoms with E-state index in [0.29, 0.717) is 12.0 Å². The second kappa shape index (κ2) is 4.86. The Bertz CT molecular complexity index is 617. The fraction of sp³-hybridized carbons (Fsp3) is 0.500. The van der Waals surface area contributed by atoms with Crippen molar-refractivity contribution in [3.8, 4) is 0 Å². The lowest BCUT2D eigenvalue weighted by atomic mass is 10.3. The molecule has 1 N–H and O–H groups in total. The van der Waals surface area contributed by atoms with Gasteiger partial charge in [-0.3, -0.25) is 0 Å². The zero-order chi connectivity index (χ0) is 13.5. The normalized spacial score (nSPS) is 18.4. The Kier molecular flexibility index (Phi) is 3.00. The molecule has 0 unspecified atom stereocenters. The van der Waals surface area contributed by atoms with E-state index < -0.39 is 0 Å². The van der Waals surface area contributed by atoms with Gasteiger partial charge in [-0.05, 0) is 49.1 Å². The van der Waals surface area contributed by atoms with E-state index in [1.807, 2.05) is 12.1 Å². The Balaban J connectivity index is 1.61. The predicted molar refractivity (Wildman–Crippen MR) is 74.6 cm³/mol. The van der Waals surface area contributed by atoms with Gasteiger partial charge in [0.2, 0.25) is 0 Å². The van der Waals surface area contributed by atoms with Gasteiger partial charge in [0.1, 0.15) is 10.9 Å². The maximum absolute atomic E-state index is 9.04. The highest BCUT2D eigenvalue weighted by Crippen LogP contribution is 2.46. The summed E-state index contributed by atoms with van der Waals surface area (Å²) in [4.78, 5) is 4.36. The molecule has 2 aliphatic rings. The van der Waals surface area contributed by atoms with E-state index in [2.05, 4.69) is 19.7 Å². The van der Waals surface area contributed by atoms with Gasteiger partial charge >= 0.3 is 0 Å². The molecule has 2 aromatic rings. The maximum Gasteiger partial charge on any atom is 0.197 e. The summed E-state index contributed by atoms with van der Waals surface area (Å²) in [6.45, 7) is 0.0298. The topological polar surface area (TPSA) is 63.8 Å². The molecule has 4 rings (SSSR count). The van der Waals surface area contributed by atoms with Crippen molar-refractivity contribution in [2.75, 3.05) is 0 Å². The first-order valence-corrected chi connectivity index (χ1v) is 7.85. The van der Waals surface area contributed by atoms with Crippen molar-refractivity contribution < 1.29 is 5.11 Å². The van der Waals surface area contributed by atoms with Crippen LogP contribution in [0.1, 0.15) is 49.0 Å². The van der Waals surface area contributed by atoms with E-state index >= 15 is 0 Å². The molecule has 20 heavy (non-hydrogen) atoms. The van der Waals surface area contributed by atoms with Gasteiger partial charge in [-0.15, -0.1) is 10.2 Å². The molecule has 2 fully saturated rings. The quantitative estimate of drug-likeness (QED) is 0.916. The molecule has 0 bridgehead atoms. The smallest absolute Gasteiger partial charge is 0.197 e. The van der Waals surface area contributed by atoms with Crippen molar-refractivity contribution in [2.24, 2.45) is 0 Å². The van der Waals surface area contributed by atoms with Crippen LogP contribution in [-0.2, 0) is 6.61 Å². The number of pyridine rings is 1. The van der Waals surface area contributed by atoms with Gasteiger partial charge in [0.05, 0.1) is 6.61 Å². The number of aliphatic hydroxyl groups excluding tert-OH is 1. The van der Waals surface area contributed by atoms with Gasteiger partial charge in [0.15, 0.2) is 5.16 Å². The highest BCUT2D eigenvalue weighted by molar-refractivity contribution is 7.99. The fourth-order valence-electron chi connectivity index (χ4n) is 2.31. The standard InChI is InChI=1S/C14H16N4OS/c19-8-9-1-6-12(15-7-9)20-14-17-16-13(10-2-3-10)18(14)11-4-5-11/h1,6-7,10-11,19H,2-5,8H2. The fourth-order valence-corrected chi connectivity index (χ4v) is 3.16. The van der Waals surface area contributed by atoms with Gasteiger partial charge in [0.25, 0.3) is 0 Å². The molecule has 0 saturated heterocycles. The molecule has 0 spiro atoms. The van der Waals surface area contributed by atoms with Gasteiger partial charge < -0.3 is 9.67 Å². The van der Waals surface area contributed by atoms with Crippen molar-refractivity contribution >= 4 is 11.8 Å². The van der Waals surface area contributed by atoms with E-state index in [0.717, 1.165) is 15.7 Å². The summed E-state index contributed by atoms with van der Waals surface area (Å²) < 4.78 is 2.32. The summed E-state index contributed by atoms with van der Waals surface area (Å²) in [5.74, 6) is 1.80. The number of rotatable bonds is 5. The highest BCUT2D eigenvalue weighted by Gasteiger charge is 2.36. The second-order valence-electron chi connectivity index (χ2n) is 5.48. The minimum atomic E-state index is 0.0298. The second-order valence-corrected chi connectivity index (χ2v) is 6.47. The van der Waals surface area contributed by atoms with Crippen LogP contribution in [0.4, 0.5) is 0 Å². The molecule has 2 aliphatic carbocycles. The number of hydrogen-bond acceptors (Lipinski definition) is 5. The van der Waals surface area contributed by atoms with Crippen LogP contribution in [0.5, 0.6) is 0 Å². The number of hydrogen-bond donors (Lipinski definition) is 1. The van der Waals surface area contributed by atoms with Crippen LogP contribution in [0.25, 0.3) is 0 Å². The van der Waals surface area contributed by atoms with Gasteiger partial charge in [-0.25, -0.2) is 4.98 Å². The van der Waals surface area contributed by atoms with Crippen LogP contribution in [0, 0.1) is 0 Å². The molecule has 0 radical (unpaired) electrons. The molecule has 2 saturated carbocycles. The van der Waals surface area contributed by atoms with Gasteiger partial charge in [-0.2, -0.15) is 0 Å². The summed E-state index contributed by atoms with van der Waals surface area (Å²) in [7, 11) is 0. The third kappa shape index (κ3) is 2.33. The third-order valence-corrected chi connectivity index (χ3v) is 4.63. The van der Waals surface area contributed by atoms with E-state index in [9.17, 15) is 0 Å². The monoisotopic (exact) mass is 288 g/mol. The molecule has 2 aromatic heterocycles. The van der Waals surface area contributed by atoms with Crippen LogP contribution in [0.3, 0.4) is 0 Å². The molecule has 0 aromatic carbocycles. The lowest BCUT2D eigenvalue weighted by Gasteiger charge is -2.07. The Morgan fingerprint density at radius 3 is 2.65 bits per heavy atom. The van der Waals surface area contributed by atoms with E-state index in [-0.39, 0.29) is 6.61 Å². The maximum atomic E-state index is 9.04. The Labute approximate surface area is 121 Å². The molecular formula is C14H16N4OS. The van der Waals surface area contributed by atoms with Crippen LogP contribution in [0.2, 0.25) is 0 Å². The average molecular weight is 288 g/mol. The zero-order valence-electron chi connectivity index (χ0n) is 11.1. The summed E-state index contributed by atoms with van der Waals surface area (Å²) in [5, 5.41) is 19.7. The summed E-state index contributed by atoms with van der Waals surface area (Å²) in [6, 6.07) is 4.42. The van der Waals surface area contributed by atoms with E-state index in [4.69, 9.17) is 5.11 Å². The molecule has 2 heterocycles. The molecule has 6 heteroatoms. The first kappa shape index (κ1) is 12.3. The lowest BCUT2D eigenvalue weighted by molar-refractivity contribution is 0.281. The van der Waals surface area contributed by atoms with Crippen LogP contribution >= 0.6 is 11.8 Å². The molecule has 0 aliphatic heterocycles. The van der Waals surface area contributed by atoms with E-state index in [1.54, 1.807) is 18.0 Å². The number of aromatic nitrogens is 4. The SMILES string of the molecule is OCc1ccc(Sc2nnc(C3CC3)n2C2CC2)nc1. The van der Waals surface area contributed by atoms with Gasteiger partial charge in [0, 0.05) is 18.2 Å². The first-order chi connectivity index (χ1) is 9.85. The molecule has 0 amide bonds. The minimum absolute atomic E-state index is 0.0298. The number of nitrogens with zero attached hydrogens (tertiary/aromatic N) is 4. The average Bonchev–Trinajstić information content (AvgIpc) is 3.39. The molecule has 0 atom stereocenters. The van der Waals surface area contributed by atoms with E-state index in [1.165, 1.54) is 31.5 Å². The summed E-state index contributed by atoms with van der Waals surface area (Å²) in [5.41, 5.74) is 0.830.